The molecule has 0 fully saturated rings. The number of hydrogen-bond acceptors (Lipinski definition) is 3. The topological polar surface area (TPSA) is 42.2 Å². The van der Waals surface area contributed by atoms with Crippen molar-refractivity contribution < 1.29 is 9.47 Å². The predicted octanol–water partition coefficient (Wildman–Crippen LogP) is 4.88. The van der Waals surface area contributed by atoms with Crippen LogP contribution in [0, 0.1) is 18.3 Å². The van der Waals surface area contributed by atoms with Crippen molar-refractivity contribution in [3.8, 4) is 17.6 Å². The molecule has 0 spiro atoms. The average Bonchev–Trinajstić information content (AvgIpc) is 2.53. The van der Waals surface area contributed by atoms with Gasteiger partial charge in [-0.25, -0.2) is 0 Å². The molecular formula is C18H16BrNO2. The van der Waals surface area contributed by atoms with Crippen LogP contribution in [0.1, 0.15) is 16.7 Å². The molecule has 0 atom stereocenters. The largest absolute Gasteiger partial charge is 0.493 e. The minimum atomic E-state index is 0.461. The molecule has 0 N–H and O–H groups in total. The summed E-state index contributed by atoms with van der Waals surface area (Å²) in [6, 6.07) is 13.9. The summed E-state index contributed by atoms with van der Waals surface area (Å²) in [7, 11) is 1.60. The van der Waals surface area contributed by atoms with E-state index in [4.69, 9.17) is 14.7 Å². The van der Waals surface area contributed by atoms with Gasteiger partial charge in [0.15, 0.2) is 11.5 Å². The van der Waals surface area contributed by atoms with Crippen LogP contribution in [0.25, 0.3) is 6.08 Å². The van der Waals surface area contributed by atoms with Gasteiger partial charge in [0.05, 0.1) is 17.7 Å². The van der Waals surface area contributed by atoms with E-state index in [1.54, 1.807) is 13.2 Å². The lowest BCUT2D eigenvalue weighted by atomic mass is 10.1. The predicted molar refractivity (Wildman–Crippen MR) is 90.9 cm³/mol. The molecule has 0 bridgehead atoms. The maximum absolute atomic E-state index is 8.60. The molecule has 0 radical (unpaired) electrons. The minimum absolute atomic E-state index is 0.461. The Bertz CT molecular complexity index is 715. The molecule has 0 heterocycles. The van der Waals surface area contributed by atoms with Gasteiger partial charge in [0, 0.05) is 6.08 Å². The Morgan fingerprint density at radius 3 is 2.59 bits per heavy atom. The number of nitriles is 1. The maximum atomic E-state index is 8.60. The molecule has 0 aliphatic rings. The number of benzene rings is 2. The van der Waals surface area contributed by atoms with Gasteiger partial charge in [0.1, 0.15) is 6.61 Å². The van der Waals surface area contributed by atoms with Crippen LogP contribution in [-0.2, 0) is 6.61 Å². The minimum Gasteiger partial charge on any atom is -0.493 e. The van der Waals surface area contributed by atoms with E-state index in [2.05, 4.69) is 35.0 Å². The van der Waals surface area contributed by atoms with Gasteiger partial charge in [-0.3, -0.25) is 0 Å². The summed E-state index contributed by atoms with van der Waals surface area (Å²) in [5, 5.41) is 8.60. The zero-order valence-corrected chi connectivity index (χ0v) is 14.1. The van der Waals surface area contributed by atoms with E-state index >= 15 is 0 Å². The standard InChI is InChI=1S/C18H16BrNO2/c1-13-5-7-14(8-6-13)12-22-18-16(19)10-15(4-3-9-20)11-17(18)21-2/h3-8,10-11H,12H2,1-2H3. The van der Waals surface area contributed by atoms with E-state index in [1.165, 1.54) is 11.6 Å². The number of aryl methyl sites for hydroxylation is 1. The van der Waals surface area contributed by atoms with Crippen LogP contribution in [0.4, 0.5) is 0 Å². The van der Waals surface area contributed by atoms with E-state index in [-0.39, 0.29) is 0 Å². The van der Waals surface area contributed by atoms with Crippen molar-refractivity contribution in [2.75, 3.05) is 7.11 Å². The second kappa shape index (κ2) is 7.67. The molecule has 4 heteroatoms. The summed E-state index contributed by atoms with van der Waals surface area (Å²) in [4.78, 5) is 0. The van der Waals surface area contributed by atoms with Gasteiger partial charge in [0.25, 0.3) is 0 Å². The SMILES string of the molecule is COc1cc(C=CC#N)cc(Br)c1OCc1ccc(C)cc1. The summed E-state index contributed by atoms with van der Waals surface area (Å²) >= 11 is 3.49. The summed E-state index contributed by atoms with van der Waals surface area (Å²) in [5.74, 6) is 1.27. The van der Waals surface area contributed by atoms with Crippen molar-refractivity contribution in [2.45, 2.75) is 13.5 Å². The van der Waals surface area contributed by atoms with Gasteiger partial charge in [0.2, 0.25) is 0 Å². The highest BCUT2D eigenvalue weighted by molar-refractivity contribution is 9.10. The average molecular weight is 358 g/mol. The number of nitrogens with zero attached hydrogens (tertiary/aromatic N) is 1. The molecule has 0 aliphatic heterocycles. The number of ether oxygens (including phenoxy) is 2. The molecule has 2 rings (SSSR count). The van der Waals surface area contributed by atoms with E-state index in [1.807, 2.05) is 30.3 Å². The molecule has 0 amide bonds. The summed E-state index contributed by atoms with van der Waals surface area (Å²) < 4.78 is 12.1. The molecule has 112 valence electrons. The Hall–Kier alpha value is -2.25. The first-order valence-corrected chi connectivity index (χ1v) is 7.55. The van der Waals surface area contributed by atoms with Crippen LogP contribution in [-0.4, -0.2) is 7.11 Å². The Balaban J connectivity index is 2.21. The molecule has 0 saturated heterocycles. The highest BCUT2D eigenvalue weighted by Crippen LogP contribution is 2.37. The fraction of sp³-hybridized carbons (Fsp3) is 0.167. The fourth-order valence-corrected chi connectivity index (χ4v) is 2.52. The first-order chi connectivity index (χ1) is 10.6. The van der Waals surface area contributed by atoms with Crippen molar-refractivity contribution in [1.82, 2.24) is 0 Å². The first-order valence-electron chi connectivity index (χ1n) is 6.76. The smallest absolute Gasteiger partial charge is 0.175 e. The van der Waals surface area contributed by atoms with E-state index in [0.29, 0.717) is 18.1 Å². The Morgan fingerprint density at radius 2 is 1.95 bits per heavy atom. The van der Waals surface area contributed by atoms with Crippen molar-refractivity contribution in [2.24, 2.45) is 0 Å². The third-order valence-corrected chi connectivity index (χ3v) is 3.69. The van der Waals surface area contributed by atoms with Crippen LogP contribution in [0.5, 0.6) is 11.5 Å². The van der Waals surface area contributed by atoms with Crippen molar-refractivity contribution in [3.05, 3.63) is 63.6 Å². The summed E-state index contributed by atoms with van der Waals surface area (Å²) in [6.45, 7) is 2.51. The van der Waals surface area contributed by atoms with Gasteiger partial charge in [-0.1, -0.05) is 29.8 Å². The van der Waals surface area contributed by atoms with Crippen molar-refractivity contribution >= 4 is 22.0 Å². The summed E-state index contributed by atoms with van der Waals surface area (Å²) in [6.07, 6.45) is 3.14. The lowest BCUT2D eigenvalue weighted by Gasteiger charge is -2.13. The fourth-order valence-electron chi connectivity index (χ4n) is 1.95. The number of hydrogen-bond donors (Lipinski definition) is 0. The number of halogens is 1. The molecule has 22 heavy (non-hydrogen) atoms. The summed E-state index contributed by atoms with van der Waals surface area (Å²) in [5.41, 5.74) is 3.18. The van der Waals surface area contributed by atoms with Crippen LogP contribution >= 0.6 is 15.9 Å². The van der Waals surface area contributed by atoms with E-state index in [0.717, 1.165) is 15.6 Å². The second-order valence-corrected chi connectivity index (χ2v) is 5.63. The normalized spacial score (nSPS) is 10.5. The number of rotatable bonds is 5. The highest BCUT2D eigenvalue weighted by Gasteiger charge is 2.11. The zero-order chi connectivity index (χ0) is 15.9. The van der Waals surface area contributed by atoms with Crippen LogP contribution in [0.3, 0.4) is 0 Å². The van der Waals surface area contributed by atoms with Gasteiger partial charge in [-0.15, -0.1) is 0 Å². The third-order valence-electron chi connectivity index (χ3n) is 3.11. The molecule has 0 aliphatic carbocycles. The van der Waals surface area contributed by atoms with E-state index < -0.39 is 0 Å². The highest BCUT2D eigenvalue weighted by atomic mass is 79.9. The van der Waals surface area contributed by atoms with Gasteiger partial charge >= 0.3 is 0 Å². The number of methoxy groups -OCH3 is 1. The van der Waals surface area contributed by atoms with Crippen LogP contribution in [0.2, 0.25) is 0 Å². The molecular weight excluding hydrogens is 342 g/mol. The van der Waals surface area contributed by atoms with Crippen LogP contribution in [0.15, 0.2) is 46.9 Å². The second-order valence-electron chi connectivity index (χ2n) is 4.77. The van der Waals surface area contributed by atoms with Gasteiger partial charge in [-0.05, 0) is 52.2 Å². The molecule has 2 aromatic carbocycles. The molecule has 0 saturated carbocycles. The molecule has 3 nitrogen and oxygen atoms in total. The molecule has 0 unspecified atom stereocenters. The Kier molecular flexibility index (Phi) is 5.62. The van der Waals surface area contributed by atoms with Crippen LogP contribution < -0.4 is 9.47 Å². The third kappa shape index (κ3) is 4.12. The Morgan fingerprint density at radius 1 is 1.23 bits per heavy atom. The van der Waals surface area contributed by atoms with Crippen molar-refractivity contribution in [3.63, 3.8) is 0 Å². The molecule has 2 aromatic rings. The quantitative estimate of drug-likeness (QED) is 0.716. The lowest BCUT2D eigenvalue weighted by Crippen LogP contribution is -1.99. The number of allylic oxidation sites excluding steroid dienone is 1. The maximum Gasteiger partial charge on any atom is 0.175 e. The Labute approximate surface area is 138 Å². The first kappa shape index (κ1) is 16.1. The lowest BCUT2D eigenvalue weighted by molar-refractivity contribution is 0.282. The van der Waals surface area contributed by atoms with Gasteiger partial charge < -0.3 is 9.47 Å². The monoisotopic (exact) mass is 357 g/mol. The molecule has 0 aromatic heterocycles. The van der Waals surface area contributed by atoms with E-state index in [9.17, 15) is 0 Å². The van der Waals surface area contributed by atoms with Gasteiger partial charge in [-0.2, -0.15) is 5.26 Å². The zero-order valence-electron chi connectivity index (χ0n) is 12.5. The van der Waals surface area contributed by atoms with Crippen molar-refractivity contribution in [1.29, 1.82) is 5.26 Å².